The predicted molar refractivity (Wildman–Crippen MR) is 82.4 cm³/mol. The van der Waals surface area contributed by atoms with Gasteiger partial charge >= 0.3 is 11.9 Å². The largest absolute Gasteiger partial charge is 0.469 e. The minimum Gasteiger partial charge on any atom is -0.469 e. The zero-order valence-electron chi connectivity index (χ0n) is 12.6. The third-order valence-electron chi connectivity index (χ3n) is 3.41. The highest BCUT2D eigenvalue weighted by Crippen LogP contribution is 2.18. The molecule has 0 saturated carbocycles. The van der Waals surface area contributed by atoms with Crippen LogP contribution in [0.4, 0.5) is 0 Å². The molecular weight excluding hydrogens is 280 g/mol. The van der Waals surface area contributed by atoms with Crippen molar-refractivity contribution in [1.82, 2.24) is 0 Å². The summed E-state index contributed by atoms with van der Waals surface area (Å²) in [5.41, 5.74) is 2.19. The zero-order chi connectivity index (χ0) is 15.9. The highest BCUT2D eigenvalue weighted by atomic mass is 16.5. The molecule has 0 aliphatic rings. The number of hydrogen-bond donors (Lipinski definition) is 0. The number of ether oxygens (including phenoxy) is 2. The first-order chi connectivity index (χ1) is 10.6. The van der Waals surface area contributed by atoms with Gasteiger partial charge < -0.3 is 9.47 Å². The van der Waals surface area contributed by atoms with E-state index in [4.69, 9.17) is 9.47 Å². The SMILES string of the molecule is COC(=O)C(C)c1ccc(C(=O)OCc2ccccc2)cc1. The topological polar surface area (TPSA) is 52.6 Å². The molecule has 1 unspecified atom stereocenters. The second-order valence-electron chi connectivity index (χ2n) is 4.93. The van der Waals surface area contributed by atoms with Crippen molar-refractivity contribution in [3.8, 4) is 0 Å². The fraction of sp³-hybridized carbons (Fsp3) is 0.222. The van der Waals surface area contributed by atoms with Crippen molar-refractivity contribution in [2.24, 2.45) is 0 Å². The standard InChI is InChI=1S/C18H18O4/c1-13(17(19)21-2)15-8-10-16(11-9-15)18(20)22-12-14-6-4-3-5-7-14/h3-11,13H,12H2,1-2H3. The first-order valence-electron chi connectivity index (χ1n) is 7.00. The van der Waals surface area contributed by atoms with Crippen molar-refractivity contribution in [3.05, 3.63) is 71.3 Å². The Bertz CT molecular complexity index is 632. The molecule has 0 aliphatic heterocycles. The third-order valence-corrected chi connectivity index (χ3v) is 3.41. The molecule has 0 fully saturated rings. The average Bonchev–Trinajstić information content (AvgIpc) is 2.59. The first kappa shape index (κ1) is 15.8. The Hall–Kier alpha value is -2.62. The first-order valence-corrected chi connectivity index (χ1v) is 7.00. The maximum atomic E-state index is 12.0. The molecule has 22 heavy (non-hydrogen) atoms. The summed E-state index contributed by atoms with van der Waals surface area (Å²) in [5, 5.41) is 0. The molecule has 0 aliphatic carbocycles. The van der Waals surface area contributed by atoms with Gasteiger partial charge in [-0.25, -0.2) is 4.79 Å². The fourth-order valence-corrected chi connectivity index (χ4v) is 2.03. The van der Waals surface area contributed by atoms with Crippen molar-refractivity contribution in [2.45, 2.75) is 19.4 Å². The maximum Gasteiger partial charge on any atom is 0.338 e. The summed E-state index contributed by atoms with van der Waals surface area (Å²) in [6.07, 6.45) is 0. The second kappa shape index (κ2) is 7.41. The van der Waals surface area contributed by atoms with E-state index in [0.29, 0.717) is 5.56 Å². The van der Waals surface area contributed by atoms with Gasteiger partial charge in [0.15, 0.2) is 0 Å². The lowest BCUT2D eigenvalue weighted by molar-refractivity contribution is -0.141. The van der Waals surface area contributed by atoms with Crippen LogP contribution in [0.5, 0.6) is 0 Å². The van der Waals surface area contributed by atoms with Gasteiger partial charge in [-0.15, -0.1) is 0 Å². The Balaban J connectivity index is 1.98. The molecule has 0 aromatic heterocycles. The van der Waals surface area contributed by atoms with Crippen molar-refractivity contribution >= 4 is 11.9 Å². The molecule has 0 spiro atoms. The summed E-state index contributed by atoms with van der Waals surface area (Å²) in [4.78, 5) is 23.5. The van der Waals surface area contributed by atoms with Crippen molar-refractivity contribution in [2.75, 3.05) is 7.11 Å². The Morgan fingerprint density at radius 3 is 2.23 bits per heavy atom. The number of methoxy groups -OCH3 is 1. The molecule has 4 nitrogen and oxygen atoms in total. The third kappa shape index (κ3) is 3.95. The van der Waals surface area contributed by atoms with Gasteiger partial charge in [-0.1, -0.05) is 42.5 Å². The molecule has 0 radical (unpaired) electrons. The van der Waals surface area contributed by atoms with E-state index >= 15 is 0 Å². The summed E-state index contributed by atoms with van der Waals surface area (Å²) in [7, 11) is 1.36. The lowest BCUT2D eigenvalue weighted by Gasteiger charge is -2.10. The molecular formula is C18H18O4. The van der Waals surface area contributed by atoms with E-state index in [9.17, 15) is 9.59 Å². The van der Waals surface area contributed by atoms with Crippen LogP contribution in [0.2, 0.25) is 0 Å². The molecule has 1 atom stereocenters. The van der Waals surface area contributed by atoms with Crippen molar-refractivity contribution < 1.29 is 19.1 Å². The molecule has 0 N–H and O–H groups in total. The van der Waals surface area contributed by atoms with Gasteiger partial charge in [0.1, 0.15) is 6.61 Å². The van der Waals surface area contributed by atoms with E-state index in [1.165, 1.54) is 7.11 Å². The Kier molecular flexibility index (Phi) is 5.31. The van der Waals surface area contributed by atoms with Gasteiger partial charge in [0.2, 0.25) is 0 Å². The quantitative estimate of drug-likeness (QED) is 0.795. The Labute approximate surface area is 129 Å². The smallest absolute Gasteiger partial charge is 0.338 e. The lowest BCUT2D eigenvalue weighted by atomic mass is 10.00. The van der Waals surface area contributed by atoms with Gasteiger partial charge in [0.25, 0.3) is 0 Å². The summed E-state index contributed by atoms with van der Waals surface area (Å²) in [5.74, 6) is -1.06. The number of carbonyl (C=O) groups excluding carboxylic acids is 2. The normalized spacial score (nSPS) is 11.5. The van der Waals surface area contributed by atoms with E-state index in [0.717, 1.165) is 11.1 Å². The van der Waals surface area contributed by atoms with E-state index in [1.54, 1.807) is 31.2 Å². The number of benzene rings is 2. The Morgan fingerprint density at radius 2 is 1.64 bits per heavy atom. The van der Waals surface area contributed by atoms with Crippen LogP contribution >= 0.6 is 0 Å². The summed E-state index contributed by atoms with van der Waals surface area (Å²) < 4.78 is 9.95. The summed E-state index contributed by atoms with van der Waals surface area (Å²) >= 11 is 0. The van der Waals surface area contributed by atoms with E-state index < -0.39 is 0 Å². The van der Waals surface area contributed by atoms with Crippen LogP contribution in [-0.2, 0) is 20.9 Å². The van der Waals surface area contributed by atoms with Crippen LogP contribution in [0.15, 0.2) is 54.6 Å². The predicted octanol–water partition coefficient (Wildman–Crippen LogP) is 3.32. The lowest BCUT2D eigenvalue weighted by Crippen LogP contribution is -2.11. The van der Waals surface area contributed by atoms with E-state index in [2.05, 4.69) is 0 Å². The number of rotatable bonds is 5. The van der Waals surface area contributed by atoms with Crippen LogP contribution in [0, 0.1) is 0 Å². The summed E-state index contributed by atoms with van der Waals surface area (Å²) in [6, 6.07) is 16.3. The summed E-state index contributed by atoms with van der Waals surface area (Å²) in [6.45, 7) is 1.99. The van der Waals surface area contributed by atoms with Crippen molar-refractivity contribution in [3.63, 3.8) is 0 Å². The Morgan fingerprint density at radius 1 is 1.00 bits per heavy atom. The molecule has 4 heteroatoms. The van der Waals surface area contributed by atoms with Crippen LogP contribution in [0.1, 0.15) is 34.3 Å². The van der Waals surface area contributed by atoms with E-state index in [1.807, 2.05) is 30.3 Å². The molecule has 2 aromatic rings. The van der Waals surface area contributed by atoms with Gasteiger partial charge in [0.05, 0.1) is 18.6 Å². The van der Waals surface area contributed by atoms with Crippen molar-refractivity contribution in [1.29, 1.82) is 0 Å². The second-order valence-corrected chi connectivity index (χ2v) is 4.93. The number of esters is 2. The average molecular weight is 298 g/mol. The van der Waals surface area contributed by atoms with Crippen LogP contribution in [-0.4, -0.2) is 19.0 Å². The molecule has 0 amide bonds. The number of hydrogen-bond acceptors (Lipinski definition) is 4. The minimum absolute atomic E-state index is 0.236. The highest BCUT2D eigenvalue weighted by Gasteiger charge is 2.16. The van der Waals surface area contributed by atoms with Crippen LogP contribution < -0.4 is 0 Å². The molecule has 0 bridgehead atoms. The zero-order valence-corrected chi connectivity index (χ0v) is 12.6. The molecule has 0 saturated heterocycles. The minimum atomic E-state index is -0.388. The van der Waals surface area contributed by atoms with Gasteiger partial charge in [-0.3, -0.25) is 4.79 Å². The monoisotopic (exact) mass is 298 g/mol. The molecule has 0 heterocycles. The maximum absolute atomic E-state index is 12.0. The number of carbonyl (C=O) groups is 2. The molecule has 2 rings (SSSR count). The van der Waals surface area contributed by atoms with E-state index in [-0.39, 0.29) is 24.5 Å². The van der Waals surface area contributed by atoms with Gasteiger partial charge in [-0.05, 0) is 30.2 Å². The van der Waals surface area contributed by atoms with Crippen LogP contribution in [0.3, 0.4) is 0 Å². The van der Waals surface area contributed by atoms with Crippen LogP contribution in [0.25, 0.3) is 0 Å². The van der Waals surface area contributed by atoms with Gasteiger partial charge in [0, 0.05) is 0 Å². The molecule has 114 valence electrons. The highest BCUT2D eigenvalue weighted by molar-refractivity contribution is 5.89. The fourth-order valence-electron chi connectivity index (χ4n) is 2.03. The molecule has 2 aromatic carbocycles. The van der Waals surface area contributed by atoms with Gasteiger partial charge in [-0.2, -0.15) is 0 Å².